The first-order valence-corrected chi connectivity index (χ1v) is 6.79. The summed E-state index contributed by atoms with van der Waals surface area (Å²) in [6, 6.07) is 12.0. The largest absolute Gasteiger partial charge is 0.496 e. The van der Waals surface area contributed by atoms with E-state index in [1.807, 2.05) is 24.3 Å². The Hall–Kier alpha value is -2.04. The molecule has 2 aromatic carbocycles. The molecule has 0 heterocycles. The fourth-order valence-electron chi connectivity index (χ4n) is 1.64. The third-order valence-corrected chi connectivity index (χ3v) is 3.43. The van der Waals surface area contributed by atoms with Crippen molar-refractivity contribution in [2.45, 2.75) is 0 Å². The van der Waals surface area contributed by atoms with Gasteiger partial charge in [-0.25, -0.2) is 5.43 Å². The van der Waals surface area contributed by atoms with Crippen molar-refractivity contribution in [3.8, 4) is 5.75 Å². The first-order valence-electron chi connectivity index (χ1n) is 6.03. The number of nitrogens with zero attached hydrogens (tertiary/aromatic N) is 1. The normalized spacial score (nSPS) is 10.6. The molecule has 1 N–H and O–H groups in total. The molecule has 0 atom stereocenters. The summed E-state index contributed by atoms with van der Waals surface area (Å²) in [6.45, 7) is 0. The summed E-state index contributed by atoms with van der Waals surface area (Å²) in [4.78, 5) is 11.9. The van der Waals surface area contributed by atoms with Gasteiger partial charge >= 0.3 is 0 Å². The van der Waals surface area contributed by atoms with E-state index < -0.39 is 0 Å². The summed E-state index contributed by atoms with van der Waals surface area (Å²) < 4.78 is 5.18. The minimum absolute atomic E-state index is 0.318. The molecule has 0 aliphatic carbocycles. The van der Waals surface area contributed by atoms with Crippen molar-refractivity contribution < 1.29 is 9.53 Å². The average Bonchev–Trinajstić information content (AvgIpc) is 2.50. The first kappa shape index (κ1) is 15.4. The van der Waals surface area contributed by atoms with Gasteiger partial charge in [0.15, 0.2) is 0 Å². The fraction of sp³-hybridized carbons (Fsp3) is 0.0667. The second-order valence-corrected chi connectivity index (χ2v) is 4.88. The van der Waals surface area contributed by atoms with E-state index >= 15 is 0 Å². The Kier molecular flexibility index (Phi) is 5.20. The smallest absolute Gasteiger partial charge is 0.271 e. The Morgan fingerprint density at radius 1 is 1.19 bits per heavy atom. The van der Waals surface area contributed by atoms with Crippen molar-refractivity contribution in [1.29, 1.82) is 0 Å². The van der Waals surface area contributed by atoms with E-state index in [2.05, 4.69) is 10.5 Å². The molecule has 108 valence electrons. The third kappa shape index (κ3) is 3.97. The Morgan fingerprint density at radius 3 is 2.67 bits per heavy atom. The molecule has 0 fully saturated rings. The van der Waals surface area contributed by atoms with Gasteiger partial charge in [0.2, 0.25) is 0 Å². The molecule has 0 unspecified atom stereocenters. The molecule has 0 aliphatic heterocycles. The lowest BCUT2D eigenvalue weighted by Gasteiger charge is -2.04. The van der Waals surface area contributed by atoms with Crippen LogP contribution in [0.25, 0.3) is 0 Å². The molecule has 1 amide bonds. The van der Waals surface area contributed by atoms with Crippen molar-refractivity contribution in [3.63, 3.8) is 0 Å². The summed E-state index contributed by atoms with van der Waals surface area (Å²) in [5, 5.41) is 4.61. The highest BCUT2D eigenvalue weighted by molar-refractivity contribution is 6.42. The summed E-state index contributed by atoms with van der Waals surface area (Å²) >= 11 is 11.7. The number of rotatable bonds is 4. The van der Waals surface area contributed by atoms with Crippen LogP contribution in [0.3, 0.4) is 0 Å². The number of ether oxygens (including phenoxy) is 1. The quantitative estimate of drug-likeness (QED) is 0.688. The van der Waals surface area contributed by atoms with Crippen LogP contribution >= 0.6 is 23.2 Å². The highest BCUT2D eigenvalue weighted by Gasteiger charge is 2.07. The number of carbonyl (C=O) groups excluding carboxylic acids is 1. The molecule has 0 aliphatic rings. The fourth-order valence-corrected chi connectivity index (χ4v) is 1.93. The van der Waals surface area contributed by atoms with Gasteiger partial charge in [-0.05, 0) is 30.3 Å². The van der Waals surface area contributed by atoms with Crippen LogP contribution in [0.4, 0.5) is 0 Å². The zero-order chi connectivity index (χ0) is 15.2. The molecule has 6 heteroatoms. The van der Waals surface area contributed by atoms with Gasteiger partial charge in [0, 0.05) is 11.1 Å². The lowest BCUT2D eigenvalue weighted by atomic mass is 10.2. The molecule has 0 radical (unpaired) electrons. The van der Waals surface area contributed by atoms with Crippen LogP contribution in [0.1, 0.15) is 15.9 Å². The predicted molar refractivity (Wildman–Crippen MR) is 84.5 cm³/mol. The Bertz CT molecular complexity index is 687. The molecule has 0 aromatic heterocycles. The summed E-state index contributed by atoms with van der Waals surface area (Å²) in [5.74, 6) is 0.296. The van der Waals surface area contributed by atoms with Gasteiger partial charge in [-0.2, -0.15) is 5.10 Å². The van der Waals surface area contributed by atoms with E-state index in [-0.39, 0.29) is 5.91 Å². The SMILES string of the molecule is COc1ccccc1/C=N/NC(=O)c1ccc(Cl)c(Cl)c1. The molecule has 2 aromatic rings. The summed E-state index contributed by atoms with van der Waals surface area (Å²) in [5.41, 5.74) is 3.55. The number of benzene rings is 2. The standard InChI is InChI=1S/C15H12Cl2N2O2/c1-21-14-5-3-2-4-11(14)9-18-19-15(20)10-6-7-12(16)13(17)8-10/h2-9H,1H3,(H,19,20)/b18-9+. The van der Waals surface area contributed by atoms with Crippen molar-refractivity contribution >= 4 is 35.3 Å². The topological polar surface area (TPSA) is 50.7 Å². The lowest BCUT2D eigenvalue weighted by molar-refractivity contribution is 0.0955. The molecular formula is C15H12Cl2N2O2. The second kappa shape index (κ2) is 7.11. The van der Waals surface area contributed by atoms with E-state index in [1.54, 1.807) is 19.2 Å². The minimum Gasteiger partial charge on any atom is -0.496 e. The van der Waals surface area contributed by atoms with Crippen LogP contribution in [0, 0.1) is 0 Å². The molecular weight excluding hydrogens is 311 g/mol. The van der Waals surface area contributed by atoms with Crippen LogP contribution in [0.15, 0.2) is 47.6 Å². The maximum absolute atomic E-state index is 11.9. The Balaban J connectivity index is 2.06. The van der Waals surface area contributed by atoms with Crippen LogP contribution in [0.5, 0.6) is 5.75 Å². The van der Waals surface area contributed by atoms with Gasteiger partial charge < -0.3 is 4.74 Å². The number of halogens is 2. The molecule has 0 bridgehead atoms. The number of hydrazone groups is 1. The highest BCUT2D eigenvalue weighted by atomic mass is 35.5. The Morgan fingerprint density at radius 2 is 1.95 bits per heavy atom. The number of methoxy groups -OCH3 is 1. The van der Waals surface area contributed by atoms with Gasteiger partial charge in [0.05, 0.1) is 23.4 Å². The van der Waals surface area contributed by atoms with Crippen LogP contribution in [-0.2, 0) is 0 Å². The van der Waals surface area contributed by atoms with Gasteiger partial charge in [-0.1, -0.05) is 35.3 Å². The van der Waals surface area contributed by atoms with Crippen molar-refractivity contribution in [3.05, 3.63) is 63.6 Å². The summed E-state index contributed by atoms with van der Waals surface area (Å²) in [7, 11) is 1.57. The monoisotopic (exact) mass is 322 g/mol. The average molecular weight is 323 g/mol. The van der Waals surface area contributed by atoms with Crippen LogP contribution in [-0.4, -0.2) is 19.2 Å². The molecule has 0 spiro atoms. The van der Waals surface area contributed by atoms with Gasteiger partial charge in [0.25, 0.3) is 5.91 Å². The number of hydrogen-bond donors (Lipinski definition) is 1. The predicted octanol–water partition coefficient (Wildman–Crippen LogP) is 3.77. The van der Waals surface area contributed by atoms with Gasteiger partial charge in [-0.3, -0.25) is 4.79 Å². The molecule has 21 heavy (non-hydrogen) atoms. The van der Waals surface area contributed by atoms with E-state index in [9.17, 15) is 4.79 Å². The third-order valence-electron chi connectivity index (χ3n) is 2.69. The Labute approximate surface area is 132 Å². The maximum Gasteiger partial charge on any atom is 0.271 e. The number of carbonyl (C=O) groups is 1. The maximum atomic E-state index is 11.9. The lowest BCUT2D eigenvalue weighted by Crippen LogP contribution is -2.17. The van der Waals surface area contributed by atoms with Gasteiger partial charge in [0.1, 0.15) is 5.75 Å². The van der Waals surface area contributed by atoms with Crippen LogP contribution < -0.4 is 10.2 Å². The summed E-state index contributed by atoms with van der Waals surface area (Å²) in [6.07, 6.45) is 1.51. The van der Waals surface area contributed by atoms with Crippen LogP contribution in [0.2, 0.25) is 10.0 Å². The van der Waals surface area contributed by atoms with E-state index in [1.165, 1.54) is 12.3 Å². The second-order valence-electron chi connectivity index (χ2n) is 4.07. The molecule has 4 nitrogen and oxygen atoms in total. The van der Waals surface area contributed by atoms with E-state index in [4.69, 9.17) is 27.9 Å². The molecule has 2 rings (SSSR count). The number of para-hydroxylation sites is 1. The molecule has 0 saturated carbocycles. The number of hydrogen-bond acceptors (Lipinski definition) is 3. The van der Waals surface area contributed by atoms with Gasteiger partial charge in [-0.15, -0.1) is 0 Å². The van der Waals surface area contributed by atoms with E-state index in [0.717, 1.165) is 5.56 Å². The highest BCUT2D eigenvalue weighted by Crippen LogP contribution is 2.22. The first-order chi connectivity index (χ1) is 10.1. The van der Waals surface area contributed by atoms with E-state index in [0.29, 0.717) is 21.4 Å². The molecule has 0 saturated heterocycles. The minimum atomic E-state index is -0.375. The van der Waals surface area contributed by atoms with Crippen molar-refractivity contribution in [1.82, 2.24) is 5.43 Å². The number of amides is 1. The number of nitrogens with one attached hydrogen (secondary N) is 1. The zero-order valence-electron chi connectivity index (χ0n) is 11.1. The zero-order valence-corrected chi connectivity index (χ0v) is 12.7. The van der Waals surface area contributed by atoms with Crippen molar-refractivity contribution in [2.24, 2.45) is 5.10 Å². The van der Waals surface area contributed by atoms with Crippen molar-refractivity contribution in [2.75, 3.05) is 7.11 Å².